The summed E-state index contributed by atoms with van der Waals surface area (Å²) in [5, 5.41) is 7.94. The summed E-state index contributed by atoms with van der Waals surface area (Å²) < 4.78 is 5.69. The van der Waals surface area contributed by atoms with Crippen LogP contribution in [0.25, 0.3) is 11.4 Å². The molecule has 2 aromatic rings. The molecule has 1 N–H and O–H groups in total. The summed E-state index contributed by atoms with van der Waals surface area (Å²) in [5.41, 5.74) is 0.954. The Bertz CT molecular complexity index is 510. The summed E-state index contributed by atoms with van der Waals surface area (Å²) in [6.07, 6.45) is 7.47. The van der Waals surface area contributed by atoms with E-state index in [0.717, 1.165) is 35.3 Å². The molecule has 1 atom stereocenters. The van der Waals surface area contributed by atoms with Gasteiger partial charge in [-0.05, 0) is 31.4 Å². The lowest BCUT2D eigenvalue weighted by Crippen LogP contribution is -2.21. The molecule has 5 nitrogen and oxygen atoms in total. The number of hydrogen-bond donors (Lipinski definition) is 1. The minimum Gasteiger partial charge on any atom is -0.377 e. The fourth-order valence-corrected chi connectivity index (χ4v) is 2.91. The van der Waals surface area contributed by atoms with E-state index in [0.29, 0.717) is 6.10 Å². The highest BCUT2D eigenvalue weighted by Gasteiger charge is 2.15. The lowest BCUT2D eigenvalue weighted by atomic mass is 10.1. The highest BCUT2D eigenvalue weighted by atomic mass is 32.2. The number of aromatic nitrogens is 4. The Morgan fingerprint density at radius 1 is 1.42 bits per heavy atom. The molecule has 3 rings (SSSR count). The van der Waals surface area contributed by atoms with Crippen LogP contribution >= 0.6 is 11.8 Å². The van der Waals surface area contributed by atoms with Gasteiger partial charge in [-0.2, -0.15) is 0 Å². The molecule has 1 saturated heterocycles. The molecule has 0 aromatic carbocycles. The quantitative estimate of drug-likeness (QED) is 0.869. The smallest absolute Gasteiger partial charge is 0.208 e. The van der Waals surface area contributed by atoms with Crippen molar-refractivity contribution in [3.05, 3.63) is 24.5 Å². The van der Waals surface area contributed by atoms with Gasteiger partial charge < -0.3 is 4.74 Å². The predicted molar refractivity (Wildman–Crippen MR) is 73.9 cm³/mol. The topological polar surface area (TPSA) is 63.7 Å². The number of rotatable bonds is 4. The molecular weight excluding hydrogens is 260 g/mol. The van der Waals surface area contributed by atoms with Gasteiger partial charge in [0, 0.05) is 30.3 Å². The summed E-state index contributed by atoms with van der Waals surface area (Å²) in [4.78, 5) is 8.54. The summed E-state index contributed by atoms with van der Waals surface area (Å²) >= 11 is 1.64. The molecule has 1 aliphatic rings. The summed E-state index contributed by atoms with van der Waals surface area (Å²) in [6, 6.07) is 3.85. The Hall–Kier alpha value is -1.40. The number of pyridine rings is 1. The molecular formula is C13H16N4OS. The Labute approximate surface area is 116 Å². The molecule has 0 saturated carbocycles. The van der Waals surface area contributed by atoms with E-state index in [-0.39, 0.29) is 0 Å². The van der Waals surface area contributed by atoms with Crippen molar-refractivity contribution in [1.29, 1.82) is 0 Å². The molecule has 0 bridgehead atoms. The molecule has 6 heteroatoms. The molecule has 100 valence electrons. The van der Waals surface area contributed by atoms with Crippen LogP contribution in [-0.4, -0.2) is 38.6 Å². The van der Waals surface area contributed by atoms with Gasteiger partial charge in [0.25, 0.3) is 0 Å². The summed E-state index contributed by atoms with van der Waals surface area (Å²) in [6.45, 7) is 0.889. The number of aromatic amines is 1. The van der Waals surface area contributed by atoms with Crippen LogP contribution in [0, 0.1) is 0 Å². The van der Waals surface area contributed by atoms with Crippen molar-refractivity contribution in [3.8, 4) is 11.4 Å². The standard InChI is InChI=1S/C13H16N4OS/c1-2-7-18-11(5-1)9-19-13-15-12(16-17-13)10-4-3-6-14-8-10/h3-4,6,8,11H,1-2,5,7,9H2,(H,15,16,17)/t11-/m1/s1. The van der Waals surface area contributed by atoms with E-state index in [4.69, 9.17) is 4.74 Å². The third-order valence-electron chi connectivity index (χ3n) is 3.07. The molecule has 3 heterocycles. The van der Waals surface area contributed by atoms with Crippen LogP contribution in [0.1, 0.15) is 19.3 Å². The van der Waals surface area contributed by atoms with Gasteiger partial charge in [-0.1, -0.05) is 11.8 Å². The summed E-state index contributed by atoms with van der Waals surface area (Å²) in [7, 11) is 0. The van der Waals surface area contributed by atoms with Crippen LogP contribution in [0.3, 0.4) is 0 Å². The fourth-order valence-electron chi connectivity index (χ4n) is 2.05. The molecule has 1 aliphatic heterocycles. The van der Waals surface area contributed by atoms with Crippen molar-refractivity contribution in [1.82, 2.24) is 20.2 Å². The van der Waals surface area contributed by atoms with Crippen molar-refractivity contribution in [3.63, 3.8) is 0 Å². The van der Waals surface area contributed by atoms with Gasteiger partial charge in [0.15, 0.2) is 5.82 Å². The lowest BCUT2D eigenvalue weighted by Gasteiger charge is -2.21. The molecule has 0 amide bonds. The lowest BCUT2D eigenvalue weighted by molar-refractivity contribution is 0.0315. The van der Waals surface area contributed by atoms with Crippen molar-refractivity contribution < 1.29 is 4.74 Å². The number of ether oxygens (including phenoxy) is 1. The number of nitrogens with zero attached hydrogens (tertiary/aromatic N) is 3. The van der Waals surface area contributed by atoms with Gasteiger partial charge in [0.05, 0.1) is 6.10 Å². The van der Waals surface area contributed by atoms with E-state index in [1.807, 2.05) is 12.1 Å². The second-order valence-corrected chi connectivity index (χ2v) is 5.50. The SMILES string of the molecule is c1cncc(-c2nc(SC[C@H]3CCCCO3)n[nH]2)c1. The average molecular weight is 276 g/mol. The Morgan fingerprint density at radius 3 is 3.21 bits per heavy atom. The zero-order valence-corrected chi connectivity index (χ0v) is 11.4. The van der Waals surface area contributed by atoms with E-state index in [2.05, 4.69) is 20.2 Å². The Morgan fingerprint density at radius 2 is 2.42 bits per heavy atom. The average Bonchev–Trinajstić information content (AvgIpc) is 2.96. The molecule has 0 spiro atoms. The predicted octanol–water partition coefficient (Wildman–Crippen LogP) is 2.53. The zero-order valence-electron chi connectivity index (χ0n) is 10.6. The molecule has 0 aliphatic carbocycles. The first-order valence-electron chi connectivity index (χ1n) is 6.49. The van der Waals surface area contributed by atoms with Crippen LogP contribution in [0.5, 0.6) is 0 Å². The van der Waals surface area contributed by atoms with Crippen LogP contribution in [-0.2, 0) is 4.74 Å². The molecule has 0 unspecified atom stereocenters. The second-order valence-electron chi connectivity index (χ2n) is 4.51. The van der Waals surface area contributed by atoms with Crippen molar-refractivity contribution >= 4 is 11.8 Å². The van der Waals surface area contributed by atoms with Gasteiger partial charge in [-0.3, -0.25) is 10.1 Å². The fraction of sp³-hybridized carbons (Fsp3) is 0.462. The zero-order chi connectivity index (χ0) is 12.9. The maximum Gasteiger partial charge on any atom is 0.208 e. The monoisotopic (exact) mass is 276 g/mol. The van der Waals surface area contributed by atoms with Gasteiger partial charge in [0.2, 0.25) is 5.16 Å². The van der Waals surface area contributed by atoms with Crippen molar-refractivity contribution in [2.24, 2.45) is 0 Å². The van der Waals surface area contributed by atoms with Crippen LogP contribution in [0.4, 0.5) is 0 Å². The minimum atomic E-state index is 0.346. The third-order valence-corrected chi connectivity index (χ3v) is 4.05. The molecule has 19 heavy (non-hydrogen) atoms. The number of nitrogens with one attached hydrogen (secondary N) is 1. The molecule has 2 aromatic heterocycles. The summed E-state index contributed by atoms with van der Waals surface area (Å²) in [5.74, 6) is 1.69. The first-order chi connectivity index (χ1) is 9.42. The van der Waals surface area contributed by atoms with E-state index >= 15 is 0 Å². The Kier molecular flexibility index (Phi) is 4.10. The number of thioether (sulfide) groups is 1. The van der Waals surface area contributed by atoms with Gasteiger partial charge in [-0.25, -0.2) is 4.98 Å². The highest BCUT2D eigenvalue weighted by Crippen LogP contribution is 2.22. The largest absolute Gasteiger partial charge is 0.377 e. The van der Waals surface area contributed by atoms with Gasteiger partial charge in [-0.15, -0.1) is 5.10 Å². The highest BCUT2D eigenvalue weighted by molar-refractivity contribution is 7.99. The molecule has 0 radical (unpaired) electrons. The van der Waals surface area contributed by atoms with Crippen LogP contribution in [0.15, 0.2) is 29.7 Å². The van der Waals surface area contributed by atoms with Crippen LogP contribution in [0.2, 0.25) is 0 Å². The molecule has 1 fully saturated rings. The second kappa shape index (κ2) is 6.16. The maximum absolute atomic E-state index is 5.69. The third kappa shape index (κ3) is 3.33. The van der Waals surface area contributed by atoms with Crippen LogP contribution < -0.4 is 0 Å². The van der Waals surface area contributed by atoms with Crippen molar-refractivity contribution in [2.75, 3.05) is 12.4 Å². The minimum absolute atomic E-state index is 0.346. The van der Waals surface area contributed by atoms with E-state index in [9.17, 15) is 0 Å². The first kappa shape index (κ1) is 12.6. The number of H-pyrrole nitrogens is 1. The van der Waals surface area contributed by atoms with E-state index in [1.54, 1.807) is 24.2 Å². The maximum atomic E-state index is 5.69. The van der Waals surface area contributed by atoms with Gasteiger partial charge in [0.1, 0.15) is 0 Å². The van der Waals surface area contributed by atoms with E-state index in [1.165, 1.54) is 12.8 Å². The van der Waals surface area contributed by atoms with Crippen molar-refractivity contribution in [2.45, 2.75) is 30.5 Å². The normalized spacial score (nSPS) is 19.5. The van der Waals surface area contributed by atoms with Gasteiger partial charge >= 0.3 is 0 Å². The first-order valence-corrected chi connectivity index (χ1v) is 7.47. The van der Waals surface area contributed by atoms with E-state index < -0.39 is 0 Å². The Balaban J connectivity index is 1.59. The number of hydrogen-bond acceptors (Lipinski definition) is 5.